The van der Waals surface area contributed by atoms with Crippen LogP contribution in [-0.4, -0.2) is 25.2 Å². The Morgan fingerprint density at radius 3 is 2.76 bits per heavy atom. The summed E-state index contributed by atoms with van der Waals surface area (Å²) in [6.07, 6.45) is 1.16. The number of nitrogens with one attached hydrogen (secondary N) is 1. The van der Waals surface area contributed by atoms with Crippen LogP contribution in [0, 0.1) is 6.92 Å². The second kappa shape index (κ2) is 4.87. The van der Waals surface area contributed by atoms with Crippen LogP contribution in [0.2, 0.25) is 5.02 Å². The summed E-state index contributed by atoms with van der Waals surface area (Å²) in [5.41, 5.74) is 2.76. The molecule has 1 aromatic carbocycles. The highest BCUT2D eigenvalue weighted by molar-refractivity contribution is 6.30. The topological polar surface area (TPSA) is 15.3 Å². The van der Waals surface area contributed by atoms with Gasteiger partial charge in [0, 0.05) is 29.3 Å². The van der Waals surface area contributed by atoms with Crippen molar-refractivity contribution in [2.24, 2.45) is 0 Å². The predicted molar refractivity (Wildman–Crippen MR) is 75.1 cm³/mol. The Kier molecular flexibility index (Phi) is 3.64. The summed E-state index contributed by atoms with van der Waals surface area (Å²) in [5, 5.41) is 4.28. The lowest BCUT2D eigenvalue weighted by atomic mass is 9.97. The van der Waals surface area contributed by atoms with Gasteiger partial charge in [-0.3, -0.25) is 0 Å². The van der Waals surface area contributed by atoms with Crippen LogP contribution < -0.4 is 10.2 Å². The normalized spacial score (nSPS) is 20.1. The molecule has 1 aliphatic rings. The number of halogens is 1. The third-order valence-electron chi connectivity index (χ3n) is 3.61. The number of nitrogens with zero attached hydrogens (tertiary/aromatic N) is 1. The van der Waals surface area contributed by atoms with E-state index in [9.17, 15) is 0 Å². The monoisotopic (exact) mass is 252 g/mol. The van der Waals surface area contributed by atoms with E-state index >= 15 is 0 Å². The van der Waals surface area contributed by atoms with E-state index in [1.165, 1.54) is 11.3 Å². The van der Waals surface area contributed by atoms with Gasteiger partial charge in [0.05, 0.1) is 0 Å². The molecule has 1 N–H and O–H groups in total. The van der Waals surface area contributed by atoms with Crippen molar-refractivity contribution in [3.8, 4) is 0 Å². The molecule has 94 valence electrons. The van der Waals surface area contributed by atoms with Crippen molar-refractivity contribution >= 4 is 17.3 Å². The summed E-state index contributed by atoms with van der Waals surface area (Å²) in [6.45, 7) is 9.95. The van der Waals surface area contributed by atoms with Crippen molar-refractivity contribution in [3.63, 3.8) is 0 Å². The number of rotatable bonds is 1. The Bertz CT molecular complexity index is 401. The lowest BCUT2D eigenvalue weighted by molar-refractivity contribution is 0.453. The summed E-state index contributed by atoms with van der Waals surface area (Å²) < 4.78 is 0. The molecule has 0 atom stereocenters. The highest BCUT2D eigenvalue weighted by atomic mass is 35.5. The maximum atomic E-state index is 6.03. The first kappa shape index (κ1) is 12.7. The average Bonchev–Trinajstić information content (AvgIpc) is 2.40. The van der Waals surface area contributed by atoms with Crippen molar-refractivity contribution in [1.82, 2.24) is 5.32 Å². The van der Waals surface area contributed by atoms with Crippen LogP contribution >= 0.6 is 11.6 Å². The van der Waals surface area contributed by atoms with Gasteiger partial charge in [-0.15, -0.1) is 0 Å². The van der Waals surface area contributed by atoms with Crippen molar-refractivity contribution in [2.45, 2.75) is 32.7 Å². The lowest BCUT2D eigenvalue weighted by Gasteiger charge is -2.39. The molecule has 17 heavy (non-hydrogen) atoms. The van der Waals surface area contributed by atoms with Crippen molar-refractivity contribution in [3.05, 3.63) is 28.8 Å². The van der Waals surface area contributed by atoms with Crippen LogP contribution in [0.15, 0.2) is 18.2 Å². The molecule has 3 heteroatoms. The van der Waals surface area contributed by atoms with Crippen molar-refractivity contribution in [2.75, 3.05) is 24.5 Å². The molecule has 0 bridgehead atoms. The molecule has 0 aromatic heterocycles. The van der Waals surface area contributed by atoms with E-state index < -0.39 is 0 Å². The first-order valence-electron chi connectivity index (χ1n) is 6.25. The molecular formula is C14H21ClN2. The number of hydrogen-bond donors (Lipinski definition) is 1. The molecule has 1 fully saturated rings. The van der Waals surface area contributed by atoms with Crippen LogP contribution in [0.1, 0.15) is 25.8 Å². The fraction of sp³-hybridized carbons (Fsp3) is 0.571. The molecule has 1 saturated heterocycles. The summed E-state index contributed by atoms with van der Waals surface area (Å²) in [7, 11) is 0. The minimum absolute atomic E-state index is 0.197. The quantitative estimate of drug-likeness (QED) is 0.826. The Morgan fingerprint density at radius 2 is 2.06 bits per heavy atom. The molecule has 1 heterocycles. The molecule has 0 unspecified atom stereocenters. The molecule has 2 nitrogen and oxygen atoms in total. The molecule has 0 spiro atoms. The maximum absolute atomic E-state index is 6.03. The van der Waals surface area contributed by atoms with Gasteiger partial charge in [-0.1, -0.05) is 11.6 Å². The van der Waals surface area contributed by atoms with Crippen LogP contribution in [0.5, 0.6) is 0 Å². The van der Waals surface area contributed by atoms with Crippen LogP contribution in [0.4, 0.5) is 5.69 Å². The van der Waals surface area contributed by atoms with E-state index in [0.717, 1.165) is 31.1 Å². The first-order valence-corrected chi connectivity index (χ1v) is 6.63. The zero-order valence-electron chi connectivity index (χ0n) is 10.9. The molecule has 0 radical (unpaired) electrons. The van der Waals surface area contributed by atoms with Gasteiger partial charge in [-0.25, -0.2) is 0 Å². The third-order valence-corrected chi connectivity index (χ3v) is 3.84. The summed E-state index contributed by atoms with van der Waals surface area (Å²) in [5.74, 6) is 0. The zero-order chi connectivity index (χ0) is 12.5. The van der Waals surface area contributed by atoms with E-state index in [1.54, 1.807) is 0 Å². The van der Waals surface area contributed by atoms with Gasteiger partial charge in [0.25, 0.3) is 0 Å². The maximum Gasteiger partial charge on any atom is 0.0410 e. The average molecular weight is 253 g/mol. The van der Waals surface area contributed by atoms with Crippen molar-refractivity contribution < 1.29 is 0 Å². The van der Waals surface area contributed by atoms with Crippen LogP contribution in [0.3, 0.4) is 0 Å². The van der Waals surface area contributed by atoms with Gasteiger partial charge in [0.15, 0.2) is 0 Å². The van der Waals surface area contributed by atoms with E-state index in [1.807, 2.05) is 12.1 Å². The number of anilines is 1. The second-order valence-corrected chi connectivity index (χ2v) is 5.83. The zero-order valence-corrected chi connectivity index (χ0v) is 11.6. The fourth-order valence-electron chi connectivity index (χ4n) is 2.52. The Morgan fingerprint density at radius 1 is 1.29 bits per heavy atom. The predicted octanol–water partition coefficient (Wildman–Crippen LogP) is 3.23. The Hall–Kier alpha value is -0.730. The van der Waals surface area contributed by atoms with Crippen LogP contribution in [0.25, 0.3) is 0 Å². The molecule has 0 aliphatic carbocycles. The highest BCUT2D eigenvalue weighted by Crippen LogP contribution is 2.31. The largest absolute Gasteiger partial charge is 0.365 e. The van der Waals surface area contributed by atoms with Crippen molar-refractivity contribution in [1.29, 1.82) is 0 Å². The Balaban J connectivity index is 2.35. The molecule has 2 rings (SSSR count). The fourth-order valence-corrected chi connectivity index (χ4v) is 2.74. The minimum atomic E-state index is 0.197. The number of hydrogen-bond acceptors (Lipinski definition) is 2. The molecular weight excluding hydrogens is 232 g/mol. The molecule has 0 amide bonds. The van der Waals surface area contributed by atoms with E-state index in [0.29, 0.717) is 0 Å². The van der Waals surface area contributed by atoms with Gasteiger partial charge < -0.3 is 10.2 Å². The van der Waals surface area contributed by atoms with Gasteiger partial charge in [-0.05, 0) is 57.5 Å². The van der Waals surface area contributed by atoms with Gasteiger partial charge in [0.1, 0.15) is 0 Å². The summed E-state index contributed by atoms with van der Waals surface area (Å²) >= 11 is 6.03. The number of aryl methyl sites for hydroxylation is 1. The lowest BCUT2D eigenvalue weighted by Crippen LogP contribution is -2.44. The van der Waals surface area contributed by atoms with Gasteiger partial charge in [0.2, 0.25) is 0 Å². The van der Waals surface area contributed by atoms with Gasteiger partial charge >= 0.3 is 0 Å². The third kappa shape index (κ3) is 2.75. The first-order chi connectivity index (χ1) is 8.00. The highest BCUT2D eigenvalue weighted by Gasteiger charge is 2.29. The number of benzene rings is 1. The molecule has 1 aliphatic heterocycles. The summed E-state index contributed by atoms with van der Waals surface area (Å²) in [6, 6.07) is 6.17. The summed E-state index contributed by atoms with van der Waals surface area (Å²) in [4.78, 5) is 2.50. The van der Waals surface area contributed by atoms with E-state index in [4.69, 9.17) is 11.6 Å². The molecule has 0 saturated carbocycles. The Labute approximate surface area is 109 Å². The SMILES string of the molecule is Cc1cc(Cl)ccc1N1CCNCCC1(C)C. The molecule has 1 aromatic rings. The van der Waals surface area contributed by atoms with Gasteiger partial charge in [-0.2, -0.15) is 0 Å². The minimum Gasteiger partial charge on any atom is -0.365 e. The van der Waals surface area contributed by atoms with Crippen LogP contribution in [-0.2, 0) is 0 Å². The van der Waals surface area contributed by atoms with E-state index in [-0.39, 0.29) is 5.54 Å². The standard InChI is InChI=1S/C14H21ClN2/c1-11-10-12(15)4-5-13(11)17-9-8-16-7-6-14(17,2)3/h4-5,10,16H,6-9H2,1-3H3. The second-order valence-electron chi connectivity index (χ2n) is 5.39. The smallest absolute Gasteiger partial charge is 0.0410 e. The van der Waals surface area contributed by atoms with E-state index in [2.05, 4.69) is 37.1 Å².